The summed E-state index contributed by atoms with van der Waals surface area (Å²) in [5.41, 5.74) is 0.879. The molecule has 0 radical (unpaired) electrons. The lowest BCUT2D eigenvalue weighted by Crippen LogP contribution is -2.19. The van der Waals surface area contributed by atoms with Crippen LogP contribution in [0.5, 0.6) is 0 Å². The van der Waals surface area contributed by atoms with E-state index in [-0.39, 0.29) is 6.10 Å². The first kappa shape index (κ1) is 13.4. The maximum absolute atomic E-state index is 11.3. The summed E-state index contributed by atoms with van der Waals surface area (Å²) in [6, 6.07) is 9.44. The van der Waals surface area contributed by atoms with Gasteiger partial charge in [0.25, 0.3) is 0 Å². The molecule has 18 heavy (non-hydrogen) atoms. The molecule has 0 saturated carbocycles. The van der Waals surface area contributed by atoms with Crippen LogP contribution in [0.4, 0.5) is 0 Å². The molecule has 98 valence electrons. The first-order chi connectivity index (χ1) is 8.68. The quantitative estimate of drug-likeness (QED) is 0.890. The van der Waals surface area contributed by atoms with Crippen molar-refractivity contribution >= 4 is 17.7 Å². The number of benzene rings is 1. The smallest absolute Gasteiger partial charge is 0.311 e. The van der Waals surface area contributed by atoms with E-state index in [9.17, 15) is 9.90 Å². The van der Waals surface area contributed by atoms with Crippen LogP contribution in [0.2, 0.25) is 0 Å². The third-order valence-electron chi connectivity index (χ3n) is 3.28. The zero-order chi connectivity index (χ0) is 13.0. The number of aliphatic carboxylic acids is 1. The molecule has 3 nitrogen and oxygen atoms in total. The highest BCUT2D eigenvalue weighted by Gasteiger charge is 2.27. The summed E-state index contributed by atoms with van der Waals surface area (Å²) in [5, 5.41) is 9.75. The molecule has 4 heteroatoms. The van der Waals surface area contributed by atoms with Gasteiger partial charge in [0.15, 0.2) is 0 Å². The van der Waals surface area contributed by atoms with Crippen molar-refractivity contribution in [2.75, 3.05) is 12.4 Å². The van der Waals surface area contributed by atoms with E-state index in [1.165, 1.54) is 0 Å². The SMILES string of the molecule is CC1OCCC1SCC(C(=O)O)c1ccccc1. The standard InChI is InChI=1S/C14H18O3S/c1-10-13(7-8-17-10)18-9-12(14(15)16)11-5-3-2-4-6-11/h2-6,10,12-13H,7-9H2,1H3,(H,15,16). The monoisotopic (exact) mass is 266 g/mol. The van der Waals surface area contributed by atoms with Gasteiger partial charge in [0, 0.05) is 17.6 Å². The minimum absolute atomic E-state index is 0.236. The van der Waals surface area contributed by atoms with Gasteiger partial charge in [-0.1, -0.05) is 30.3 Å². The van der Waals surface area contributed by atoms with Gasteiger partial charge in [-0.3, -0.25) is 4.79 Å². The fourth-order valence-electron chi connectivity index (χ4n) is 2.15. The normalized spacial score (nSPS) is 24.9. The van der Waals surface area contributed by atoms with Crippen LogP contribution in [0.15, 0.2) is 30.3 Å². The molecule has 0 bridgehead atoms. The van der Waals surface area contributed by atoms with Gasteiger partial charge in [-0.05, 0) is 18.9 Å². The number of carboxylic acids is 1. The van der Waals surface area contributed by atoms with Crippen LogP contribution >= 0.6 is 11.8 Å². The highest BCUT2D eigenvalue weighted by atomic mass is 32.2. The Bertz CT molecular complexity index is 393. The van der Waals surface area contributed by atoms with E-state index < -0.39 is 11.9 Å². The molecule has 1 aromatic rings. The molecule has 3 atom stereocenters. The van der Waals surface area contributed by atoms with Gasteiger partial charge in [0.1, 0.15) is 0 Å². The first-order valence-electron chi connectivity index (χ1n) is 6.19. The van der Waals surface area contributed by atoms with Crippen LogP contribution in [-0.4, -0.2) is 34.8 Å². The van der Waals surface area contributed by atoms with Crippen molar-refractivity contribution in [2.24, 2.45) is 0 Å². The van der Waals surface area contributed by atoms with Crippen molar-refractivity contribution in [3.63, 3.8) is 0 Å². The van der Waals surface area contributed by atoms with Crippen molar-refractivity contribution in [2.45, 2.75) is 30.6 Å². The summed E-state index contributed by atoms with van der Waals surface area (Å²) in [6.45, 7) is 2.85. The number of carboxylic acid groups (broad SMARTS) is 1. The summed E-state index contributed by atoms with van der Waals surface area (Å²) in [5.74, 6) is -0.568. The molecule has 1 heterocycles. The molecule has 1 aromatic carbocycles. The summed E-state index contributed by atoms with van der Waals surface area (Å²) in [7, 11) is 0. The Morgan fingerprint density at radius 1 is 1.50 bits per heavy atom. The fraction of sp³-hybridized carbons (Fsp3) is 0.500. The number of carbonyl (C=O) groups is 1. The van der Waals surface area contributed by atoms with Crippen LogP contribution in [0.1, 0.15) is 24.8 Å². The second-order valence-corrected chi connectivity index (χ2v) is 5.81. The number of hydrogen-bond acceptors (Lipinski definition) is 3. The Balaban J connectivity index is 1.97. The predicted molar refractivity (Wildman–Crippen MR) is 73.1 cm³/mol. The Labute approximate surface area is 112 Å². The summed E-state index contributed by atoms with van der Waals surface area (Å²) in [6.07, 6.45) is 1.26. The van der Waals surface area contributed by atoms with E-state index in [4.69, 9.17) is 4.74 Å². The summed E-state index contributed by atoms with van der Waals surface area (Å²) in [4.78, 5) is 11.3. The van der Waals surface area contributed by atoms with E-state index >= 15 is 0 Å². The van der Waals surface area contributed by atoms with E-state index in [2.05, 4.69) is 6.92 Å². The molecule has 0 amide bonds. The number of hydrogen-bond donors (Lipinski definition) is 1. The van der Waals surface area contributed by atoms with Crippen molar-refractivity contribution in [3.05, 3.63) is 35.9 Å². The van der Waals surface area contributed by atoms with Gasteiger partial charge in [-0.25, -0.2) is 0 Å². The number of rotatable bonds is 5. The molecule has 1 N–H and O–H groups in total. The van der Waals surface area contributed by atoms with Gasteiger partial charge in [-0.15, -0.1) is 0 Å². The lowest BCUT2D eigenvalue weighted by molar-refractivity contribution is -0.138. The van der Waals surface area contributed by atoms with Crippen molar-refractivity contribution < 1.29 is 14.6 Å². The average Bonchev–Trinajstić information content (AvgIpc) is 2.76. The molecular weight excluding hydrogens is 248 g/mol. The molecule has 1 aliphatic rings. The van der Waals surface area contributed by atoms with E-state index in [1.807, 2.05) is 30.3 Å². The second-order valence-electron chi connectivity index (χ2n) is 4.54. The van der Waals surface area contributed by atoms with Crippen molar-refractivity contribution in [3.8, 4) is 0 Å². The van der Waals surface area contributed by atoms with Gasteiger partial charge in [-0.2, -0.15) is 11.8 Å². The van der Waals surface area contributed by atoms with Gasteiger partial charge >= 0.3 is 5.97 Å². The Hall–Kier alpha value is -1.00. The Morgan fingerprint density at radius 2 is 2.22 bits per heavy atom. The molecule has 1 saturated heterocycles. The van der Waals surface area contributed by atoms with Gasteiger partial charge < -0.3 is 9.84 Å². The van der Waals surface area contributed by atoms with Crippen LogP contribution in [0.3, 0.4) is 0 Å². The van der Waals surface area contributed by atoms with E-state index in [0.717, 1.165) is 18.6 Å². The minimum Gasteiger partial charge on any atom is -0.481 e. The molecule has 1 fully saturated rings. The fourth-order valence-corrected chi connectivity index (χ4v) is 3.53. The Kier molecular flexibility index (Phi) is 4.66. The third-order valence-corrected chi connectivity index (χ3v) is 4.86. The zero-order valence-electron chi connectivity index (χ0n) is 10.4. The average molecular weight is 266 g/mol. The van der Waals surface area contributed by atoms with Crippen LogP contribution in [0.25, 0.3) is 0 Å². The Morgan fingerprint density at radius 3 is 2.78 bits per heavy atom. The van der Waals surface area contributed by atoms with Crippen LogP contribution in [0, 0.1) is 0 Å². The first-order valence-corrected chi connectivity index (χ1v) is 7.24. The molecule has 0 aromatic heterocycles. The van der Waals surface area contributed by atoms with Crippen LogP contribution in [-0.2, 0) is 9.53 Å². The summed E-state index contributed by atoms with van der Waals surface area (Å²) < 4.78 is 5.50. The number of ether oxygens (including phenoxy) is 1. The van der Waals surface area contributed by atoms with Crippen LogP contribution < -0.4 is 0 Å². The maximum Gasteiger partial charge on any atom is 0.311 e. The largest absolute Gasteiger partial charge is 0.481 e. The molecule has 2 rings (SSSR count). The second kappa shape index (κ2) is 6.25. The minimum atomic E-state index is -0.750. The van der Waals surface area contributed by atoms with E-state index in [1.54, 1.807) is 11.8 Å². The predicted octanol–water partition coefficient (Wildman–Crippen LogP) is 2.77. The lowest BCUT2D eigenvalue weighted by Gasteiger charge is -2.17. The van der Waals surface area contributed by atoms with E-state index in [0.29, 0.717) is 11.0 Å². The van der Waals surface area contributed by atoms with Crippen molar-refractivity contribution in [1.82, 2.24) is 0 Å². The van der Waals surface area contributed by atoms with Gasteiger partial charge in [0.2, 0.25) is 0 Å². The zero-order valence-corrected chi connectivity index (χ0v) is 11.2. The molecular formula is C14H18O3S. The number of thioether (sulfide) groups is 1. The molecule has 0 aliphatic carbocycles. The maximum atomic E-state index is 11.3. The molecule has 1 aliphatic heterocycles. The topological polar surface area (TPSA) is 46.5 Å². The highest BCUT2D eigenvalue weighted by molar-refractivity contribution is 8.00. The third kappa shape index (κ3) is 3.27. The molecule has 0 spiro atoms. The lowest BCUT2D eigenvalue weighted by atomic mass is 10.0. The van der Waals surface area contributed by atoms with Crippen molar-refractivity contribution in [1.29, 1.82) is 0 Å². The summed E-state index contributed by atoms with van der Waals surface area (Å²) >= 11 is 1.72. The molecule has 3 unspecified atom stereocenters. The highest BCUT2D eigenvalue weighted by Crippen LogP contribution is 2.30. The van der Waals surface area contributed by atoms with Gasteiger partial charge in [0.05, 0.1) is 12.0 Å².